The summed E-state index contributed by atoms with van der Waals surface area (Å²) in [5.74, 6) is 0.260. The lowest BCUT2D eigenvalue weighted by Crippen LogP contribution is -2.41. The summed E-state index contributed by atoms with van der Waals surface area (Å²) in [5, 5.41) is 0. The van der Waals surface area contributed by atoms with Gasteiger partial charge < -0.3 is 9.47 Å². The molecule has 190 valence electrons. The second kappa shape index (κ2) is 11.5. The van der Waals surface area contributed by atoms with Gasteiger partial charge in [0.05, 0.1) is 4.90 Å². The molecule has 0 spiro atoms. The summed E-state index contributed by atoms with van der Waals surface area (Å²) < 4.78 is 38.4. The molecule has 0 saturated heterocycles. The van der Waals surface area contributed by atoms with E-state index in [9.17, 15) is 18.0 Å². The summed E-state index contributed by atoms with van der Waals surface area (Å²) >= 11 is 0. The Labute approximate surface area is 206 Å². The molecule has 0 atom stereocenters. The summed E-state index contributed by atoms with van der Waals surface area (Å²) in [5.41, 5.74) is 6.41. The zero-order valence-electron chi connectivity index (χ0n) is 20.3. The van der Waals surface area contributed by atoms with Gasteiger partial charge in [-0.15, -0.1) is 0 Å². The topological polar surface area (TPSA) is 123 Å². The molecule has 0 fully saturated rings. The molecule has 0 saturated carbocycles. The second-order valence-electron chi connectivity index (χ2n) is 9.34. The first-order valence-corrected chi connectivity index (χ1v) is 13.1. The number of nitrogens with one attached hydrogen (secondary N) is 3. The number of unbranched alkanes of at least 4 members (excludes halogenated alkanes) is 2. The molecule has 2 amide bonds. The number of carbonyl (C=O) groups is 2. The van der Waals surface area contributed by atoms with Crippen molar-refractivity contribution in [1.29, 1.82) is 0 Å². The molecule has 1 aliphatic rings. The van der Waals surface area contributed by atoms with Crippen molar-refractivity contribution in [2.45, 2.75) is 56.8 Å². The van der Waals surface area contributed by atoms with Gasteiger partial charge in [0.1, 0.15) is 13.2 Å². The lowest BCUT2D eigenvalue weighted by Gasteiger charge is -2.19. The largest absolute Gasteiger partial charge is 0.486 e. The summed E-state index contributed by atoms with van der Waals surface area (Å²) in [6, 6.07) is 11.8. The van der Waals surface area contributed by atoms with E-state index in [0.717, 1.165) is 5.56 Å². The van der Waals surface area contributed by atoms with Gasteiger partial charge in [0.25, 0.3) is 5.91 Å². The Hall–Kier alpha value is -3.11. The van der Waals surface area contributed by atoms with Crippen LogP contribution in [0.2, 0.25) is 0 Å². The SMILES string of the molecule is CC(C)(C)c1ccc(C(=O)NNC(=O)CCCCCNS(=O)(=O)c2ccc3c(c2)OCCO3)cc1. The number of rotatable bonds is 9. The van der Waals surface area contributed by atoms with Crippen LogP contribution in [0.1, 0.15) is 62.4 Å². The third-order valence-corrected chi connectivity index (χ3v) is 6.98. The van der Waals surface area contributed by atoms with E-state index in [1.165, 1.54) is 12.1 Å². The Kier molecular flexibility index (Phi) is 8.74. The van der Waals surface area contributed by atoms with Crippen molar-refractivity contribution in [2.75, 3.05) is 19.8 Å². The van der Waals surface area contributed by atoms with Crippen LogP contribution in [0.4, 0.5) is 0 Å². The molecule has 3 rings (SSSR count). The summed E-state index contributed by atoms with van der Waals surface area (Å²) in [7, 11) is -3.67. The van der Waals surface area contributed by atoms with Crippen LogP contribution in [-0.2, 0) is 20.2 Å². The first-order valence-electron chi connectivity index (χ1n) is 11.7. The smallest absolute Gasteiger partial charge is 0.269 e. The summed E-state index contributed by atoms with van der Waals surface area (Å²) in [4.78, 5) is 24.3. The molecule has 1 heterocycles. The van der Waals surface area contributed by atoms with E-state index in [-0.39, 0.29) is 35.1 Å². The molecule has 0 aliphatic carbocycles. The molecule has 3 N–H and O–H groups in total. The van der Waals surface area contributed by atoms with Crippen molar-refractivity contribution in [2.24, 2.45) is 0 Å². The Bertz CT molecular complexity index is 1140. The van der Waals surface area contributed by atoms with Gasteiger partial charge in [-0.2, -0.15) is 0 Å². The lowest BCUT2D eigenvalue weighted by molar-refractivity contribution is -0.122. The van der Waals surface area contributed by atoms with E-state index in [1.54, 1.807) is 18.2 Å². The van der Waals surface area contributed by atoms with Crippen LogP contribution in [0.25, 0.3) is 0 Å². The first-order chi connectivity index (χ1) is 16.6. The minimum Gasteiger partial charge on any atom is -0.486 e. The van der Waals surface area contributed by atoms with E-state index in [4.69, 9.17) is 9.47 Å². The predicted octanol–water partition coefficient (Wildman–Crippen LogP) is 3.06. The maximum absolute atomic E-state index is 12.5. The minimum absolute atomic E-state index is 0.00561. The highest BCUT2D eigenvalue weighted by Gasteiger charge is 2.19. The Balaban J connectivity index is 1.32. The average Bonchev–Trinajstić information content (AvgIpc) is 2.83. The number of hydrogen-bond donors (Lipinski definition) is 3. The highest BCUT2D eigenvalue weighted by atomic mass is 32.2. The van der Waals surface area contributed by atoms with Gasteiger partial charge in [-0.05, 0) is 48.1 Å². The quantitative estimate of drug-likeness (QED) is 0.357. The van der Waals surface area contributed by atoms with E-state index in [2.05, 4.69) is 36.3 Å². The van der Waals surface area contributed by atoms with Crippen LogP contribution < -0.4 is 25.0 Å². The van der Waals surface area contributed by atoms with Crippen LogP contribution in [0.5, 0.6) is 11.5 Å². The fourth-order valence-corrected chi connectivity index (χ4v) is 4.54. The molecule has 0 bridgehead atoms. The molecule has 0 aromatic heterocycles. The van der Waals surface area contributed by atoms with Crippen LogP contribution in [-0.4, -0.2) is 40.0 Å². The van der Waals surface area contributed by atoms with Crippen molar-refractivity contribution < 1.29 is 27.5 Å². The number of hydrogen-bond acceptors (Lipinski definition) is 6. The molecule has 2 aromatic carbocycles. The maximum Gasteiger partial charge on any atom is 0.269 e. The van der Waals surface area contributed by atoms with E-state index in [0.29, 0.717) is 49.5 Å². The molecule has 0 radical (unpaired) electrons. The first kappa shape index (κ1) is 26.5. The van der Waals surface area contributed by atoms with Gasteiger partial charge in [-0.25, -0.2) is 13.1 Å². The Morgan fingerprint density at radius 2 is 1.57 bits per heavy atom. The van der Waals surface area contributed by atoms with Gasteiger partial charge in [-0.3, -0.25) is 20.4 Å². The normalized spacial score (nSPS) is 13.2. The van der Waals surface area contributed by atoms with Gasteiger partial charge in [0.15, 0.2) is 11.5 Å². The number of ether oxygens (including phenoxy) is 2. The van der Waals surface area contributed by atoms with Crippen LogP contribution in [0.3, 0.4) is 0 Å². The summed E-state index contributed by atoms with van der Waals surface area (Å²) in [6.07, 6.45) is 2.01. The number of benzene rings is 2. The van der Waals surface area contributed by atoms with Crippen molar-refractivity contribution in [1.82, 2.24) is 15.6 Å². The Morgan fingerprint density at radius 1 is 0.886 bits per heavy atom. The van der Waals surface area contributed by atoms with Crippen molar-refractivity contribution in [3.05, 3.63) is 53.6 Å². The van der Waals surface area contributed by atoms with Crippen LogP contribution in [0.15, 0.2) is 47.4 Å². The Morgan fingerprint density at radius 3 is 2.26 bits per heavy atom. The number of amides is 2. The van der Waals surface area contributed by atoms with Crippen LogP contribution >= 0.6 is 0 Å². The van der Waals surface area contributed by atoms with Gasteiger partial charge in [-0.1, -0.05) is 39.3 Å². The molecule has 2 aromatic rings. The third-order valence-electron chi connectivity index (χ3n) is 5.53. The van der Waals surface area contributed by atoms with Crippen LogP contribution in [0, 0.1) is 0 Å². The number of sulfonamides is 1. The zero-order chi connectivity index (χ0) is 25.5. The van der Waals surface area contributed by atoms with E-state index >= 15 is 0 Å². The van der Waals surface area contributed by atoms with Crippen molar-refractivity contribution in [3.8, 4) is 11.5 Å². The molecule has 9 nitrogen and oxygen atoms in total. The van der Waals surface area contributed by atoms with E-state index in [1.807, 2.05) is 12.1 Å². The average molecular weight is 504 g/mol. The monoisotopic (exact) mass is 503 g/mol. The maximum atomic E-state index is 12.5. The lowest BCUT2D eigenvalue weighted by atomic mass is 9.87. The molecule has 0 unspecified atom stereocenters. The molecule has 35 heavy (non-hydrogen) atoms. The zero-order valence-corrected chi connectivity index (χ0v) is 21.2. The number of fused-ring (bicyclic) bond motifs is 1. The number of hydrazine groups is 1. The summed E-state index contributed by atoms with van der Waals surface area (Å²) in [6.45, 7) is 7.35. The standard InChI is InChI=1S/C25H33N3O6S/c1-25(2,3)19-10-8-18(9-11-19)24(30)28-27-23(29)7-5-4-6-14-26-35(31,32)20-12-13-21-22(17-20)34-16-15-33-21/h8-13,17,26H,4-7,14-16H2,1-3H3,(H,27,29)(H,28,30). The fourth-order valence-electron chi connectivity index (χ4n) is 3.45. The molecular weight excluding hydrogens is 470 g/mol. The van der Waals surface area contributed by atoms with Gasteiger partial charge in [0.2, 0.25) is 15.9 Å². The van der Waals surface area contributed by atoms with Gasteiger partial charge >= 0.3 is 0 Å². The highest BCUT2D eigenvalue weighted by molar-refractivity contribution is 7.89. The number of carbonyl (C=O) groups excluding carboxylic acids is 2. The predicted molar refractivity (Wildman–Crippen MR) is 132 cm³/mol. The molecule has 10 heteroatoms. The minimum atomic E-state index is -3.67. The second-order valence-corrected chi connectivity index (χ2v) is 11.1. The third kappa shape index (κ3) is 7.69. The molecular formula is C25H33N3O6S. The van der Waals surface area contributed by atoms with Crippen molar-refractivity contribution >= 4 is 21.8 Å². The molecule has 1 aliphatic heterocycles. The fraction of sp³-hybridized carbons (Fsp3) is 0.440. The van der Waals surface area contributed by atoms with Crippen molar-refractivity contribution in [3.63, 3.8) is 0 Å². The van der Waals surface area contributed by atoms with E-state index < -0.39 is 10.0 Å². The van der Waals surface area contributed by atoms with Gasteiger partial charge in [0, 0.05) is 24.6 Å². The highest BCUT2D eigenvalue weighted by Crippen LogP contribution is 2.32.